The molecule has 4 nitrogen and oxygen atoms in total. The van der Waals surface area contributed by atoms with Gasteiger partial charge in [-0.05, 0) is 61.0 Å². The first-order valence-electron chi connectivity index (χ1n) is 9.35. The number of hydrogen-bond donors (Lipinski definition) is 2. The Morgan fingerprint density at radius 3 is 2.33 bits per heavy atom. The average Bonchev–Trinajstić information content (AvgIpc) is 2.72. The second kappa shape index (κ2) is 11.0. The smallest absolute Gasteiger partial charge is 0.257 e. The van der Waals surface area contributed by atoms with Crippen LogP contribution < -0.4 is 15.4 Å². The van der Waals surface area contributed by atoms with E-state index in [9.17, 15) is 4.79 Å². The Balaban J connectivity index is 1.54. The molecule has 0 aliphatic carbocycles. The summed E-state index contributed by atoms with van der Waals surface area (Å²) in [5, 5.41) is 6.53. The minimum Gasteiger partial charge on any atom is -0.491 e. The molecule has 0 saturated heterocycles. The molecule has 154 valence electrons. The summed E-state index contributed by atoms with van der Waals surface area (Å²) in [5.41, 5.74) is 2.27. The van der Waals surface area contributed by atoms with Crippen LogP contribution in [0.25, 0.3) is 0 Å². The number of carbonyl (C=O) groups is 1. The van der Waals surface area contributed by atoms with Crippen molar-refractivity contribution in [3.8, 4) is 5.75 Å². The van der Waals surface area contributed by atoms with Crippen molar-refractivity contribution in [1.82, 2.24) is 5.32 Å². The fourth-order valence-electron chi connectivity index (χ4n) is 2.81. The summed E-state index contributed by atoms with van der Waals surface area (Å²) < 4.78 is 5.91. The van der Waals surface area contributed by atoms with E-state index in [2.05, 4.69) is 22.8 Å². The number of anilines is 1. The number of carbonyl (C=O) groups excluding carboxylic acids is 1. The molecule has 0 bridgehead atoms. The van der Waals surface area contributed by atoms with Gasteiger partial charge in [0.1, 0.15) is 5.75 Å². The standard InChI is InChI=1S/C23H20Cl2N2O2S/c24-18-13-17(14-19(25)15-18)22(28)27-23(30)26-20-10-4-5-11-21(20)29-12-6-9-16-7-2-1-3-8-16/h1-5,7-8,10-11,13-15H,6,9,12H2,(H2,26,27,28,30). The lowest BCUT2D eigenvalue weighted by Crippen LogP contribution is -2.34. The number of hydrogen-bond acceptors (Lipinski definition) is 3. The average molecular weight is 459 g/mol. The van der Waals surface area contributed by atoms with Crippen molar-refractivity contribution < 1.29 is 9.53 Å². The van der Waals surface area contributed by atoms with Crippen LogP contribution >= 0.6 is 35.4 Å². The van der Waals surface area contributed by atoms with Crippen LogP contribution in [0.2, 0.25) is 10.0 Å². The highest BCUT2D eigenvalue weighted by atomic mass is 35.5. The van der Waals surface area contributed by atoms with E-state index < -0.39 is 5.91 Å². The molecule has 0 fully saturated rings. The summed E-state index contributed by atoms with van der Waals surface area (Å²) in [4.78, 5) is 12.4. The molecule has 0 heterocycles. The molecule has 7 heteroatoms. The normalized spacial score (nSPS) is 10.3. The Labute approximate surface area is 191 Å². The van der Waals surface area contributed by atoms with E-state index in [0.717, 1.165) is 12.8 Å². The van der Waals surface area contributed by atoms with Crippen LogP contribution in [0, 0.1) is 0 Å². The number of aryl methyl sites for hydroxylation is 1. The van der Waals surface area contributed by atoms with Gasteiger partial charge >= 0.3 is 0 Å². The van der Waals surface area contributed by atoms with Gasteiger partial charge in [0.05, 0.1) is 12.3 Å². The van der Waals surface area contributed by atoms with Gasteiger partial charge in [-0.15, -0.1) is 0 Å². The predicted octanol–water partition coefficient (Wildman–Crippen LogP) is 6.13. The molecule has 0 spiro atoms. The molecular weight excluding hydrogens is 439 g/mol. The molecule has 2 N–H and O–H groups in total. The Morgan fingerprint density at radius 2 is 1.60 bits per heavy atom. The van der Waals surface area contributed by atoms with Crippen LogP contribution in [0.4, 0.5) is 5.69 Å². The van der Waals surface area contributed by atoms with Crippen LogP contribution in [0.15, 0.2) is 72.8 Å². The quantitative estimate of drug-likeness (QED) is 0.330. The molecule has 0 atom stereocenters. The second-order valence-corrected chi connectivity index (χ2v) is 7.78. The fourth-order valence-corrected chi connectivity index (χ4v) is 3.54. The second-order valence-electron chi connectivity index (χ2n) is 6.50. The third-order valence-electron chi connectivity index (χ3n) is 4.20. The fraction of sp³-hybridized carbons (Fsp3) is 0.130. The van der Waals surface area contributed by atoms with E-state index in [4.69, 9.17) is 40.2 Å². The van der Waals surface area contributed by atoms with Crippen molar-refractivity contribution in [2.75, 3.05) is 11.9 Å². The lowest BCUT2D eigenvalue weighted by Gasteiger charge is -2.14. The van der Waals surface area contributed by atoms with Crippen molar-refractivity contribution in [1.29, 1.82) is 0 Å². The molecule has 0 aliphatic rings. The Kier molecular flexibility index (Phi) is 8.08. The topological polar surface area (TPSA) is 50.4 Å². The maximum atomic E-state index is 12.4. The van der Waals surface area contributed by atoms with Gasteiger partial charge in [0.25, 0.3) is 5.91 Å². The van der Waals surface area contributed by atoms with Crippen molar-refractivity contribution in [2.24, 2.45) is 0 Å². The molecule has 30 heavy (non-hydrogen) atoms. The third-order valence-corrected chi connectivity index (χ3v) is 4.84. The lowest BCUT2D eigenvalue weighted by atomic mass is 10.1. The molecule has 0 unspecified atom stereocenters. The van der Waals surface area contributed by atoms with Gasteiger partial charge in [-0.3, -0.25) is 10.1 Å². The highest BCUT2D eigenvalue weighted by Crippen LogP contribution is 2.24. The van der Waals surface area contributed by atoms with E-state index in [-0.39, 0.29) is 5.11 Å². The number of benzene rings is 3. The van der Waals surface area contributed by atoms with Gasteiger partial charge in [0.2, 0.25) is 0 Å². The summed E-state index contributed by atoms with van der Waals surface area (Å²) in [6.07, 6.45) is 1.82. The first kappa shape index (κ1) is 22.1. The highest BCUT2D eigenvalue weighted by molar-refractivity contribution is 7.80. The summed E-state index contributed by atoms with van der Waals surface area (Å²) in [6.45, 7) is 0.563. The number of amides is 1. The van der Waals surface area contributed by atoms with Crippen LogP contribution in [-0.2, 0) is 6.42 Å². The largest absolute Gasteiger partial charge is 0.491 e. The van der Waals surface area contributed by atoms with E-state index in [0.29, 0.717) is 33.7 Å². The number of nitrogens with one attached hydrogen (secondary N) is 2. The first-order chi connectivity index (χ1) is 14.5. The molecule has 3 aromatic carbocycles. The minimum atomic E-state index is -0.404. The number of thiocarbonyl (C=S) groups is 1. The van der Waals surface area contributed by atoms with Crippen LogP contribution in [0.1, 0.15) is 22.3 Å². The number of rotatable bonds is 7. The number of halogens is 2. The van der Waals surface area contributed by atoms with Crippen molar-refractivity contribution in [3.63, 3.8) is 0 Å². The molecule has 0 aromatic heterocycles. The Morgan fingerprint density at radius 1 is 0.933 bits per heavy atom. The summed E-state index contributed by atoms with van der Waals surface area (Å²) >= 11 is 17.2. The van der Waals surface area contributed by atoms with Crippen LogP contribution in [0.5, 0.6) is 5.75 Å². The molecule has 0 radical (unpaired) electrons. The molecule has 0 aliphatic heterocycles. The van der Waals surface area contributed by atoms with E-state index in [1.54, 1.807) is 6.07 Å². The van der Waals surface area contributed by atoms with Gasteiger partial charge in [-0.25, -0.2) is 0 Å². The monoisotopic (exact) mass is 458 g/mol. The molecule has 3 rings (SSSR count). The maximum Gasteiger partial charge on any atom is 0.257 e. The van der Waals surface area contributed by atoms with E-state index in [1.165, 1.54) is 17.7 Å². The SMILES string of the molecule is O=C(NC(=S)Nc1ccccc1OCCCc1ccccc1)c1cc(Cl)cc(Cl)c1. The van der Waals surface area contributed by atoms with Gasteiger partial charge in [-0.1, -0.05) is 65.7 Å². The first-order valence-corrected chi connectivity index (χ1v) is 10.5. The molecule has 3 aromatic rings. The van der Waals surface area contributed by atoms with Crippen LogP contribution in [-0.4, -0.2) is 17.6 Å². The minimum absolute atomic E-state index is 0.149. The molecule has 0 saturated carbocycles. The Hall–Kier alpha value is -2.60. The summed E-state index contributed by atoms with van der Waals surface area (Å²) in [6, 6.07) is 22.3. The molecular formula is C23H20Cl2N2O2S. The van der Waals surface area contributed by atoms with Gasteiger partial charge in [0, 0.05) is 15.6 Å². The van der Waals surface area contributed by atoms with E-state index in [1.807, 2.05) is 42.5 Å². The number of para-hydroxylation sites is 2. The third kappa shape index (κ3) is 6.73. The zero-order valence-corrected chi connectivity index (χ0v) is 18.4. The summed E-state index contributed by atoms with van der Waals surface area (Å²) in [5.74, 6) is 0.256. The highest BCUT2D eigenvalue weighted by Gasteiger charge is 2.11. The number of ether oxygens (including phenoxy) is 1. The zero-order chi connectivity index (χ0) is 21.3. The summed E-state index contributed by atoms with van der Waals surface area (Å²) in [7, 11) is 0. The Bertz CT molecular complexity index is 1010. The lowest BCUT2D eigenvalue weighted by molar-refractivity contribution is 0.0977. The maximum absolute atomic E-state index is 12.4. The van der Waals surface area contributed by atoms with Gasteiger partial charge < -0.3 is 10.1 Å². The van der Waals surface area contributed by atoms with Crippen molar-refractivity contribution in [2.45, 2.75) is 12.8 Å². The van der Waals surface area contributed by atoms with Crippen molar-refractivity contribution in [3.05, 3.63) is 94.0 Å². The predicted molar refractivity (Wildman–Crippen MR) is 127 cm³/mol. The molecule has 1 amide bonds. The van der Waals surface area contributed by atoms with Crippen molar-refractivity contribution >= 4 is 52.1 Å². The zero-order valence-electron chi connectivity index (χ0n) is 16.0. The van der Waals surface area contributed by atoms with Gasteiger partial charge in [-0.2, -0.15) is 0 Å². The van der Waals surface area contributed by atoms with Crippen LogP contribution in [0.3, 0.4) is 0 Å². The van der Waals surface area contributed by atoms with Gasteiger partial charge in [0.15, 0.2) is 5.11 Å². The van der Waals surface area contributed by atoms with E-state index >= 15 is 0 Å².